The van der Waals surface area contributed by atoms with Gasteiger partial charge in [-0.05, 0) is 36.8 Å². The Morgan fingerprint density at radius 2 is 1.81 bits per heavy atom. The van der Waals surface area contributed by atoms with Crippen LogP contribution in [0.4, 0.5) is 0 Å². The van der Waals surface area contributed by atoms with Gasteiger partial charge in [-0.3, -0.25) is 4.57 Å². The number of nitrogens with zero attached hydrogens (tertiary/aromatic N) is 2. The number of fused-ring (bicyclic) bond motifs is 1. The van der Waals surface area contributed by atoms with Crippen LogP contribution in [0.1, 0.15) is 11.4 Å². The van der Waals surface area contributed by atoms with E-state index in [0.29, 0.717) is 26.4 Å². The molecule has 1 heterocycles. The van der Waals surface area contributed by atoms with Crippen LogP contribution in [-0.2, 0) is 5.88 Å². The summed E-state index contributed by atoms with van der Waals surface area (Å²) in [6.45, 7) is 1.91. The highest BCUT2D eigenvalue weighted by Gasteiger charge is 2.16. The van der Waals surface area contributed by atoms with E-state index in [1.54, 1.807) is 6.07 Å². The average molecular weight is 360 g/mol. The third kappa shape index (κ3) is 2.51. The lowest BCUT2D eigenvalue weighted by molar-refractivity contribution is 0.981. The molecule has 1 aromatic heterocycles. The first-order valence-corrected chi connectivity index (χ1v) is 7.87. The summed E-state index contributed by atoms with van der Waals surface area (Å²) in [5.74, 6) is 0.911. The maximum atomic E-state index is 6.38. The molecule has 21 heavy (non-hydrogen) atoms. The van der Waals surface area contributed by atoms with Crippen LogP contribution in [0.3, 0.4) is 0 Å². The first-order valence-electron chi connectivity index (χ1n) is 6.20. The molecule has 2 aromatic carbocycles. The number of rotatable bonds is 2. The fourth-order valence-corrected chi connectivity index (χ4v) is 3.13. The quantitative estimate of drug-likeness (QED) is 0.510. The van der Waals surface area contributed by atoms with E-state index in [-0.39, 0.29) is 5.88 Å². The number of benzene rings is 2. The van der Waals surface area contributed by atoms with Crippen molar-refractivity contribution in [1.82, 2.24) is 9.55 Å². The molecule has 0 bridgehead atoms. The van der Waals surface area contributed by atoms with E-state index in [1.807, 2.05) is 35.8 Å². The minimum absolute atomic E-state index is 0.243. The minimum atomic E-state index is 0.243. The van der Waals surface area contributed by atoms with Gasteiger partial charge in [0.05, 0.1) is 27.1 Å². The molecule has 3 rings (SSSR count). The molecule has 0 saturated carbocycles. The number of hydrogen-bond acceptors (Lipinski definition) is 1. The average Bonchev–Trinajstić information content (AvgIpc) is 2.83. The number of aryl methyl sites for hydroxylation is 1. The molecule has 0 radical (unpaired) electrons. The van der Waals surface area contributed by atoms with Gasteiger partial charge in [0.1, 0.15) is 11.3 Å². The van der Waals surface area contributed by atoms with Crippen LogP contribution in [0.5, 0.6) is 0 Å². The van der Waals surface area contributed by atoms with E-state index < -0.39 is 0 Å². The van der Waals surface area contributed by atoms with Gasteiger partial charge in [-0.25, -0.2) is 4.98 Å². The van der Waals surface area contributed by atoms with Gasteiger partial charge in [-0.15, -0.1) is 11.6 Å². The minimum Gasteiger partial charge on any atom is -0.294 e. The first-order chi connectivity index (χ1) is 10.0. The van der Waals surface area contributed by atoms with Crippen molar-refractivity contribution in [3.63, 3.8) is 0 Å². The SMILES string of the molecule is Cc1cc(Cl)c(-n2c(CCl)nc3c(Cl)cccc32)cc1Cl. The van der Waals surface area contributed by atoms with Crippen molar-refractivity contribution in [3.05, 3.63) is 56.8 Å². The molecule has 0 atom stereocenters. The molecular weight excluding hydrogens is 350 g/mol. The summed E-state index contributed by atoms with van der Waals surface area (Å²) >= 11 is 24.8. The van der Waals surface area contributed by atoms with E-state index in [0.717, 1.165) is 16.8 Å². The molecule has 2 nitrogen and oxygen atoms in total. The molecule has 0 saturated heterocycles. The molecule has 0 aliphatic carbocycles. The molecule has 0 unspecified atom stereocenters. The fourth-order valence-electron chi connectivity index (χ4n) is 2.28. The standard InChI is InChI=1S/C15H10Cl4N2/c1-8-5-11(19)13(6-10(8)18)21-12-4-2-3-9(17)15(12)20-14(21)7-16/h2-6H,7H2,1H3. The van der Waals surface area contributed by atoms with Crippen LogP contribution in [0.15, 0.2) is 30.3 Å². The largest absolute Gasteiger partial charge is 0.294 e. The molecular formula is C15H10Cl4N2. The first kappa shape index (κ1) is 15.0. The highest BCUT2D eigenvalue weighted by molar-refractivity contribution is 6.36. The Morgan fingerprint density at radius 1 is 1.05 bits per heavy atom. The Bertz CT molecular complexity index is 839. The molecule has 3 aromatic rings. The number of para-hydroxylation sites is 1. The molecule has 0 N–H and O–H groups in total. The number of aromatic nitrogens is 2. The van der Waals surface area contributed by atoms with Gasteiger partial charge in [0.15, 0.2) is 0 Å². The molecule has 0 spiro atoms. The van der Waals surface area contributed by atoms with Crippen molar-refractivity contribution in [1.29, 1.82) is 0 Å². The second-order valence-corrected chi connectivity index (χ2v) is 6.15. The van der Waals surface area contributed by atoms with E-state index in [9.17, 15) is 0 Å². The summed E-state index contributed by atoms with van der Waals surface area (Å²) in [5.41, 5.74) is 3.20. The van der Waals surface area contributed by atoms with Crippen LogP contribution in [0, 0.1) is 6.92 Å². The van der Waals surface area contributed by atoms with E-state index in [1.165, 1.54) is 0 Å². The Morgan fingerprint density at radius 3 is 2.52 bits per heavy atom. The van der Waals surface area contributed by atoms with Gasteiger partial charge in [0.25, 0.3) is 0 Å². The molecule has 0 aliphatic rings. The van der Waals surface area contributed by atoms with Crippen LogP contribution in [0.25, 0.3) is 16.7 Å². The lowest BCUT2D eigenvalue weighted by atomic mass is 10.2. The molecule has 6 heteroatoms. The Labute approximate surface area is 142 Å². The van der Waals surface area contributed by atoms with Crippen LogP contribution in [0.2, 0.25) is 15.1 Å². The zero-order valence-corrected chi connectivity index (χ0v) is 14.0. The van der Waals surface area contributed by atoms with Crippen molar-refractivity contribution in [2.24, 2.45) is 0 Å². The van der Waals surface area contributed by atoms with Crippen LogP contribution in [-0.4, -0.2) is 9.55 Å². The van der Waals surface area contributed by atoms with E-state index >= 15 is 0 Å². The van der Waals surface area contributed by atoms with Crippen molar-refractivity contribution in [2.45, 2.75) is 12.8 Å². The third-order valence-corrected chi connectivity index (χ3v) is 4.55. The normalized spacial score (nSPS) is 11.3. The summed E-state index contributed by atoms with van der Waals surface area (Å²) in [7, 11) is 0. The number of alkyl halides is 1. The number of halogens is 4. The fraction of sp³-hybridized carbons (Fsp3) is 0.133. The maximum absolute atomic E-state index is 6.38. The van der Waals surface area contributed by atoms with E-state index in [4.69, 9.17) is 46.4 Å². The van der Waals surface area contributed by atoms with Crippen LogP contribution < -0.4 is 0 Å². The summed E-state index contributed by atoms with van der Waals surface area (Å²) in [5, 5.41) is 1.80. The number of hydrogen-bond donors (Lipinski definition) is 0. The highest BCUT2D eigenvalue weighted by atomic mass is 35.5. The Kier molecular flexibility index (Phi) is 4.06. The molecule has 0 amide bonds. The lowest BCUT2D eigenvalue weighted by Crippen LogP contribution is -2.00. The summed E-state index contributed by atoms with van der Waals surface area (Å²) in [6, 6.07) is 9.23. The van der Waals surface area contributed by atoms with Gasteiger partial charge in [0, 0.05) is 5.02 Å². The zero-order valence-electron chi connectivity index (χ0n) is 11.0. The Hall–Kier alpha value is -0.930. The van der Waals surface area contributed by atoms with Gasteiger partial charge < -0.3 is 0 Å². The zero-order chi connectivity index (χ0) is 15.1. The van der Waals surface area contributed by atoms with Crippen molar-refractivity contribution in [2.75, 3.05) is 0 Å². The number of imidazole rings is 1. The Balaban J connectivity index is 2.39. The smallest absolute Gasteiger partial charge is 0.129 e. The topological polar surface area (TPSA) is 17.8 Å². The molecule has 108 valence electrons. The second-order valence-electron chi connectivity index (χ2n) is 4.66. The molecule has 0 aliphatic heterocycles. The molecule has 0 fully saturated rings. The van der Waals surface area contributed by atoms with Gasteiger partial charge >= 0.3 is 0 Å². The van der Waals surface area contributed by atoms with Gasteiger partial charge in [-0.1, -0.05) is 40.9 Å². The summed E-state index contributed by atoms with van der Waals surface area (Å²) in [4.78, 5) is 4.50. The van der Waals surface area contributed by atoms with Crippen molar-refractivity contribution >= 4 is 57.4 Å². The summed E-state index contributed by atoms with van der Waals surface area (Å²) < 4.78 is 1.89. The predicted octanol–water partition coefficient (Wildman–Crippen LogP) is 6.03. The van der Waals surface area contributed by atoms with Crippen molar-refractivity contribution < 1.29 is 0 Å². The monoisotopic (exact) mass is 358 g/mol. The van der Waals surface area contributed by atoms with Gasteiger partial charge in [0.2, 0.25) is 0 Å². The van der Waals surface area contributed by atoms with Crippen LogP contribution >= 0.6 is 46.4 Å². The predicted molar refractivity (Wildman–Crippen MR) is 90.4 cm³/mol. The highest BCUT2D eigenvalue weighted by Crippen LogP contribution is 2.33. The van der Waals surface area contributed by atoms with Crippen molar-refractivity contribution in [3.8, 4) is 5.69 Å². The summed E-state index contributed by atoms with van der Waals surface area (Å²) in [6.07, 6.45) is 0. The van der Waals surface area contributed by atoms with Gasteiger partial charge in [-0.2, -0.15) is 0 Å². The van der Waals surface area contributed by atoms with E-state index in [2.05, 4.69) is 4.98 Å². The lowest BCUT2D eigenvalue weighted by Gasteiger charge is -2.12. The maximum Gasteiger partial charge on any atom is 0.129 e. The second kappa shape index (κ2) is 5.69. The third-order valence-electron chi connectivity index (χ3n) is 3.29.